The van der Waals surface area contributed by atoms with Crippen LogP contribution >= 0.6 is 24.0 Å². The summed E-state index contributed by atoms with van der Waals surface area (Å²) < 4.78 is 18.4. The highest BCUT2D eigenvalue weighted by Gasteiger charge is 2.16. The van der Waals surface area contributed by atoms with Gasteiger partial charge >= 0.3 is 0 Å². The van der Waals surface area contributed by atoms with Crippen molar-refractivity contribution in [1.82, 2.24) is 25.4 Å². The number of aryl methyl sites for hydroxylation is 1. The van der Waals surface area contributed by atoms with E-state index < -0.39 is 0 Å². The maximum Gasteiger partial charge on any atom is 0.192 e. The largest absolute Gasteiger partial charge is 0.497 e. The van der Waals surface area contributed by atoms with Gasteiger partial charge in [-0.15, -0.1) is 34.2 Å². The fourth-order valence-corrected chi connectivity index (χ4v) is 3.10. The number of aliphatic imine (C=N–C) groups is 1. The smallest absolute Gasteiger partial charge is 0.192 e. The van der Waals surface area contributed by atoms with Gasteiger partial charge < -0.3 is 29.4 Å². The van der Waals surface area contributed by atoms with Crippen molar-refractivity contribution in [2.24, 2.45) is 12.0 Å². The lowest BCUT2D eigenvalue weighted by Gasteiger charge is -2.16. The van der Waals surface area contributed by atoms with Crippen LogP contribution in [0.3, 0.4) is 0 Å². The Morgan fingerprint density at radius 1 is 1.27 bits per heavy atom. The molecule has 0 radical (unpaired) electrons. The van der Waals surface area contributed by atoms with Gasteiger partial charge in [0.1, 0.15) is 17.3 Å². The van der Waals surface area contributed by atoms with E-state index in [2.05, 4.69) is 20.8 Å². The molecule has 1 aliphatic heterocycles. The van der Waals surface area contributed by atoms with Crippen LogP contribution in [0.25, 0.3) is 0 Å². The Balaban J connectivity index is 0.00000320. The summed E-state index contributed by atoms with van der Waals surface area (Å²) in [6.45, 7) is 4.45. The lowest BCUT2D eigenvalue weighted by molar-refractivity contribution is 0.113. The molecule has 2 heterocycles. The molecule has 30 heavy (non-hydrogen) atoms. The molecule has 3 rings (SSSR count). The third-order valence-corrected chi connectivity index (χ3v) is 5.02. The second kappa shape index (κ2) is 11.9. The zero-order valence-electron chi connectivity index (χ0n) is 18.0. The quantitative estimate of drug-likeness (QED) is 0.307. The predicted octanol–water partition coefficient (Wildman–Crippen LogP) is 2.17. The Labute approximate surface area is 194 Å². The number of ether oxygens (including phenoxy) is 3. The minimum atomic E-state index is 0. The van der Waals surface area contributed by atoms with E-state index in [4.69, 9.17) is 19.2 Å². The summed E-state index contributed by atoms with van der Waals surface area (Å²) in [6.07, 6.45) is 2.39. The van der Waals surface area contributed by atoms with Crippen LogP contribution in [0.4, 0.5) is 0 Å². The van der Waals surface area contributed by atoms with E-state index in [9.17, 15) is 0 Å². The number of hydrogen-bond acceptors (Lipinski definition) is 6. The van der Waals surface area contributed by atoms with E-state index in [0.717, 1.165) is 48.2 Å². The highest BCUT2D eigenvalue weighted by Crippen LogP contribution is 2.25. The molecular formula is C20H31IN6O3. The first-order valence-corrected chi connectivity index (χ1v) is 9.80. The zero-order valence-corrected chi connectivity index (χ0v) is 20.3. The molecule has 0 spiro atoms. The van der Waals surface area contributed by atoms with E-state index in [1.807, 2.05) is 36.7 Å². The monoisotopic (exact) mass is 530 g/mol. The third-order valence-electron chi connectivity index (χ3n) is 5.02. The highest BCUT2D eigenvalue weighted by molar-refractivity contribution is 14.0. The normalized spacial score (nSPS) is 16.1. The van der Waals surface area contributed by atoms with Crippen LogP contribution in [-0.2, 0) is 24.9 Å². The number of nitrogens with one attached hydrogen (secondary N) is 2. The van der Waals surface area contributed by atoms with Crippen LogP contribution in [0, 0.1) is 6.92 Å². The Morgan fingerprint density at radius 2 is 2.10 bits per heavy atom. The van der Waals surface area contributed by atoms with Crippen molar-refractivity contribution in [2.75, 3.05) is 27.4 Å². The average molecular weight is 530 g/mol. The fraction of sp³-hybridized carbons (Fsp3) is 0.550. The molecule has 1 aliphatic rings. The first-order valence-electron chi connectivity index (χ1n) is 9.80. The van der Waals surface area contributed by atoms with Crippen LogP contribution in [0.1, 0.15) is 30.1 Å². The van der Waals surface area contributed by atoms with Crippen molar-refractivity contribution < 1.29 is 14.2 Å². The van der Waals surface area contributed by atoms with Crippen molar-refractivity contribution in [3.05, 3.63) is 35.4 Å². The maximum absolute atomic E-state index is 5.71. The third kappa shape index (κ3) is 6.46. The van der Waals surface area contributed by atoms with Crippen molar-refractivity contribution in [2.45, 2.75) is 39.0 Å². The first kappa shape index (κ1) is 24.2. The Bertz CT molecular complexity index is 836. The van der Waals surface area contributed by atoms with E-state index >= 15 is 0 Å². The van der Waals surface area contributed by atoms with Gasteiger partial charge in [-0.2, -0.15) is 0 Å². The minimum absolute atomic E-state index is 0. The maximum atomic E-state index is 5.71. The number of halogens is 1. The van der Waals surface area contributed by atoms with Crippen LogP contribution in [0.15, 0.2) is 23.2 Å². The number of aromatic nitrogens is 3. The summed E-state index contributed by atoms with van der Waals surface area (Å²) in [4.78, 5) is 4.73. The molecule has 0 bridgehead atoms. The topological polar surface area (TPSA) is 94.8 Å². The standard InChI is InChI=1S/C20H30N6O3.HI/c1-14-24-25-19(26(14)2)13-23-20(22-12-17-6-5-9-29-17)21-11-15-7-8-16(27-3)10-18(15)28-4;/h7-8,10,17H,5-6,9,11-13H2,1-4H3,(H2,21,22,23);1H. The van der Waals surface area contributed by atoms with Gasteiger partial charge in [0, 0.05) is 31.8 Å². The fourth-order valence-electron chi connectivity index (χ4n) is 3.10. The van der Waals surface area contributed by atoms with Crippen molar-refractivity contribution in [1.29, 1.82) is 0 Å². The number of methoxy groups -OCH3 is 2. The molecule has 1 fully saturated rings. The van der Waals surface area contributed by atoms with Crippen molar-refractivity contribution >= 4 is 29.9 Å². The second-order valence-corrected chi connectivity index (χ2v) is 6.93. The molecule has 2 aromatic rings. The van der Waals surface area contributed by atoms with E-state index in [1.165, 1.54) is 0 Å². The summed E-state index contributed by atoms with van der Waals surface area (Å²) in [7, 11) is 5.23. The highest BCUT2D eigenvalue weighted by atomic mass is 127. The Morgan fingerprint density at radius 3 is 2.73 bits per heavy atom. The van der Waals surface area contributed by atoms with Crippen LogP contribution in [-0.4, -0.2) is 54.2 Å². The molecule has 9 nitrogen and oxygen atoms in total. The van der Waals surface area contributed by atoms with Gasteiger partial charge in [0.25, 0.3) is 0 Å². The van der Waals surface area contributed by atoms with Gasteiger partial charge in [0.05, 0.1) is 33.4 Å². The van der Waals surface area contributed by atoms with Crippen LogP contribution < -0.4 is 20.1 Å². The Hall–Kier alpha value is -2.08. The van der Waals surface area contributed by atoms with Gasteiger partial charge in [-0.05, 0) is 31.9 Å². The number of nitrogens with zero attached hydrogens (tertiary/aromatic N) is 4. The molecule has 1 atom stereocenters. The molecular weight excluding hydrogens is 499 g/mol. The predicted molar refractivity (Wildman–Crippen MR) is 126 cm³/mol. The molecule has 0 amide bonds. The molecule has 1 unspecified atom stereocenters. The molecule has 1 aromatic heterocycles. The molecule has 1 saturated heterocycles. The summed E-state index contributed by atoms with van der Waals surface area (Å²) in [5, 5.41) is 15.0. The van der Waals surface area contributed by atoms with Gasteiger partial charge in [-0.1, -0.05) is 0 Å². The van der Waals surface area contributed by atoms with Gasteiger partial charge in [0.2, 0.25) is 0 Å². The molecule has 0 aliphatic carbocycles. The van der Waals surface area contributed by atoms with Crippen molar-refractivity contribution in [3.8, 4) is 11.5 Å². The number of benzene rings is 1. The average Bonchev–Trinajstić information content (AvgIpc) is 3.38. The molecule has 0 saturated carbocycles. The molecule has 1 aromatic carbocycles. The lowest BCUT2D eigenvalue weighted by Crippen LogP contribution is -2.41. The van der Waals surface area contributed by atoms with Crippen LogP contribution in [0.5, 0.6) is 11.5 Å². The molecule has 2 N–H and O–H groups in total. The lowest BCUT2D eigenvalue weighted by atomic mass is 10.2. The van der Waals surface area contributed by atoms with Gasteiger partial charge in [-0.25, -0.2) is 4.99 Å². The number of hydrogen-bond donors (Lipinski definition) is 2. The molecule has 166 valence electrons. The Kier molecular flexibility index (Phi) is 9.63. The summed E-state index contributed by atoms with van der Waals surface area (Å²) >= 11 is 0. The first-order chi connectivity index (χ1) is 14.1. The van der Waals surface area contributed by atoms with Crippen molar-refractivity contribution in [3.63, 3.8) is 0 Å². The van der Waals surface area contributed by atoms with Crippen LogP contribution in [0.2, 0.25) is 0 Å². The van der Waals surface area contributed by atoms with Gasteiger partial charge in [-0.3, -0.25) is 0 Å². The van der Waals surface area contributed by atoms with Gasteiger partial charge in [0.15, 0.2) is 11.8 Å². The molecule has 10 heteroatoms. The van der Waals surface area contributed by atoms with E-state index in [-0.39, 0.29) is 30.1 Å². The second-order valence-electron chi connectivity index (χ2n) is 6.93. The minimum Gasteiger partial charge on any atom is -0.497 e. The summed E-state index contributed by atoms with van der Waals surface area (Å²) in [6, 6.07) is 5.73. The SMILES string of the molecule is COc1ccc(CN=C(NCc2nnc(C)n2C)NCC2CCCO2)c(OC)c1.I. The zero-order chi connectivity index (χ0) is 20.6. The summed E-state index contributed by atoms with van der Waals surface area (Å²) in [5.74, 6) is 3.91. The van der Waals surface area contributed by atoms with E-state index in [0.29, 0.717) is 25.6 Å². The number of guanidine groups is 1. The van der Waals surface area contributed by atoms with E-state index in [1.54, 1.807) is 14.2 Å². The number of rotatable bonds is 8. The summed E-state index contributed by atoms with van der Waals surface area (Å²) in [5.41, 5.74) is 0.973.